The number of alkyl halides is 3. The molecular weight excluding hydrogens is 349 g/mol. The van der Waals surface area contributed by atoms with Gasteiger partial charge in [0.15, 0.2) is 5.96 Å². The predicted octanol–water partition coefficient (Wildman–Crippen LogP) is 1.98. The highest BCUT2D eigenvalue weighted by molar-refractivity contribution is 5.80. The number of hydrogen-bond acceptors (Lipinski definition) is 4. The number of halogens is 3. The molecule has 1 atom stereocenters. The van der Waals surface area contributed by atoms with Crippen LogP contribution in [-0.4, -0.2) is 81.0 Å². The van der Waals surface area contributed by atoms with Crippen molar-refractivity contribution in [3.63, 3.8) is 0 Å². The average Bonchev–Trinajstić information content (AvgIpc) is 3.13. The Hall–Kier alpha value is -1.74. The maximum atomic E-state index is 12.9. The molecule has 1 fully saturated rings. The van der Waals surface area contributed by atoms with Crippen LogP contribution >= 0.6 is 0 Å². The summed E-state index contributed by atoms with van der Waals surface area (Å²) >= 11 is 0. The molecule has 1 aliphatic rings. The lowest BCUT2D eigenvalue weighted by Crippen LogP contribution is -2.57. The molecule has 1 aromatic heterocycles. The second-order valence-corrected chi connectivity index (χ2v) is 6.19. The van der Waals surface area contributed by atoms with Crippen molar-refractivity contribution in [1.82, 2.24) is 15.1 Å². The van der Waals surface area contributed by atoms with E-state index in [1.165, 1.54) is 11.8 Å². The summed E-state index contributed by atoms with van der Waals surface area (Å²) in [5.41, 5.74) is 0. The van der Waals surface area contributed by atoms with E-state index in [-0.39, 0.29) is 0 Å². The number of piperazine rings is 1. The van der Waals surface area contributed by atoms with Crippen molar-refractivity contribution in [3.05, 3.63) is 24.2 Å². The number of nitrogens with zero attached hydrogens (tertiary/aromatic N) is 3. The van der Waals surface area contributed by atoms with Crippen LogP contribution in [0.1, 0.15) is 12.7 Å². The van der Waals surface area contributed by atoms with Crippen LogP contribution in [0.5, 0.6) is 0 Å². The normalized spacial score (nSPS) is 18.2. The molecular formula is C17H27F3N4O2. The monoisotopic (exact) mass is 376 g/mol. The summed E-state index contributed by atoms with van der Waals surface area (Å²) in [6.07, 6.45) is -1.86. The molecule has 9 heteroatoms. The molecule has 1 saturated heterocycles. The minimum atomic E-state index is -4.20. The van der Waals surface area contributed by atoms with Crippen LogP contribution in [0.25, 0.3) is 0 Å². The summed E-state index contributed by atoms with van der Waals surface area (Å²) in [5.74, 6) is 1.57. The fourth-order valence-corrected chi connectivity index (χ4v) is 2.79. The zero-order valence-corrected chi connectivity index (χ0v) is 15.3. The molecule has 0 amide bonds. The van der Waals surface area contributed by atoms with E-state index in [4.69, 9.17) is 9.15 Å². The van der Waals surface area contributed by atoms with Gasteiger partial charge in [0.1, 0.15) is 11.8 Å². The maximum Gasteiger partial charge on any atom is 0.403 e. The van der Waals surface area contributed by atoms with Crippen molar-refractivity contribution in [1.29, 1.82) is 0 Å². The third-order valence-electron chi connectivity index (χ3n) is 4.43. The summed E-state index contributed by atoms with van der Waals surface area (Å²) in [7, 11) is 1.61. The van der Waals surface area contributed by atoms with Crippen LogP contribution < -0.4 is 5.32 Å². The van der Waals surface area contributed by atoms with E-state index >= 15 is 0 Å². The molecule has 1 N–H and O–H groups in total. The lowest BCUT2D eigenvalue weighted by atomic mass is 10.2. The molecule has 1 aromatic rings. The fourth-order valence-electron chi connectivity index (χ4n) is 2.79. The minimum absolute atomic E-state index is 0.351. The van der Waals surface area contributed by atoms with Gasteiger partial charge in [-0.25, -0.2) is 0 Å². The zero-order chi connectivity index (χ0) is 19.0. The Morgan fingerprint density at radius 2 is 2.08 bits per heavy atom. The van der Waals surface area contributed by atoms with E-state index in [1.54, 1.807) is 13.4 Å². The Morgan fingerprint density at radius 1 is 1.35 bits per heavy atom. The second-order valence-electron chi connectivity index (χ2n) is 6.19. The highest BCUT2D eigenvalue weighted by Gasteiger charge is 2.41. The van der Waals surface area contributed by atoms with Crippen LogP contribution in [-0.2, 0) is 11.2 Å². The number of ether oxygens (including phenoxy) is 1. The number of furan rings is 1. The Morgan fingerprint density at radius 3 is 2.65 bits per heavy atom. The van der Waals surface area contributed by atoms with E-state index in [1.807, 2.05) is 17.0 Å². The van der Waals surface area contributed by atoms with Crippen molar-refractivity contribution in [3.8, 4) is 0 Å². The van der Waals surface area contributed by atoms with Gasteiger partial charge in [-0.2, -0.15) is 13.2 Å². The molecule has 0 radical (unpaired) electrons. The number of guanidine groups is 1. The third-order valence-corrected chi connectivity index (χ3v) is 4.43. The van der Waals surface area contributed by atoms with Crippen LogP contribution in [0, 0.1) is 0 Å². The van der Waals surface area contributed by atoms with Gasteiger partial charge in [-0.3, -0.25) is 9.89 Å². The summed E-state index contributed by atoms with van der Waals surface area (Å²) < 4.78 is 49.0. The Balaban J connectivity index is 1.88. The van der Waals surface area contributed by atoms with Gasteiger partial charge in [0, 0.05) is 46.3 Å². The van der Waals surface area contributed by atoms with E-state index in [0.717, 1.165) is 5.76 Å². The summed E-state index contributed by atoms with van der Waals surface area (Å²) in [5, 5.41) is 3.28. The quantitative estimate of drug-likeness (QED) is 0.448. The lowest BCUT2D eigenvalue weighted by molar-refractivity contribution is -0.181. The first kappa shape index (κ1) is 20.6. The maximum absolute atomic E-state index is 12.9. The molecule has 0 aromatic carbocycles. The molecule has 2 heterocycles. The summed E-state index contributed by atoms with van der Waals surface area (Å²) in [4.78, 5) is 7.97. The fraction of sp³-hybridized carbons (Fsp3) is 0.706. The summed E-state index contributed by atoms with van der Waals surface area (Å²) in [6, 6.07) is 2.32. The van der Waals surface area contributed by atoms with E-state index in [0.29, 0.717) is 58.3 Å². The van der Waals surface area contributed by atoms with Gasteiger partial charge in [-0.05, 0) is 19.1 Å². The summed E-state index contributed by atoms with van der Waals surface area (Å²) in [6.45, 7) is 4.55. The number of methoxy groups -OCH3 is 1. The largest absolute Gasteiger partial charge is 0.469 e. The molecule has 0 saturated carbocycles. The Kier molecular flexibility index (Phi) is 7.77. The highest BCUT2D eigenvalue weighted by atomic mass is 19.4. The van der Waals surface area contributed by atoms with Gasteiger partial charge in [0.25, 0.3) is 0 Å². The van der Waals surface area contributed by atoms with Crippen molar-refractivity contribution < 1.29 is 22.3 Å². The standard InChI is InChI=1S/C17H27F3N4O2/c1-14(17(18,19)20)23-8-10-24(11-9-23)16(22-7-13-25-2)21-6-5-15-4-3-12-26-15/h3-4,12,14H,5-11,13H2,1-2H3,(H,21,22). The van der Waals surface area contributed by atoms with Crippen molar-refractivity contribution in [2.45, 2.75) is 25.6 Å². The zero-order valence-electron chi connectivity index (χ0n) is 15.3. The lowest BCUT2D eigenvalue weighted by Gasteiger charge is -2.39. The molecule has 148 valence electrons. The van der Waals surface area contributed by atoms with Crippen LogP contribution in [0.3, 0.4) is 0 Å². The number of rotatable bonds is 7. The highest BCUT2D eigenvalue weighted by Crippen LogP contribution is 2.25. The first-order chi connectivity index (χ1) is 12.4. The van der Waals surface area contributed by atoms with Crippen LogP contribution in [0.15, 0.2) is 27.8 Å². The van der Waals surface area contributed by atoms with E-state index in [2.05, 4.69) is 10.3 Å². The molecule has 0 bridgehead atoms. The number of hydrogen-bond donors (Lipinski definition) is 1. The molecule has 26 heavy (non-hydrogen) atoms. The van der Waals surface area contributed by atoms with Gasteiger partial charge >= 0.3 is 6.18 Å². The number of aliphatic imine (C=N–C) groups is 1. The van der Waals surface area contributed by atoms with Crippen molar-refractivity contribution in [2.75, 3.05) is 53.0 Å². The van der Waals surface area contributed by atoms with Gasteiger partial charge < -0.3 is 19.4 Å². The molecule has 1 unspecified atom stereocenters. The smallest absolute Gasteiger partial charge is 0.403 e. The van der Waals surface area contributed by atoms with Gasteiger partial charge in [-0.1, -0.05) is 0 Å². The van der Waals surface area contributed by atoms with E-state index < -0.39 is 12.2 Å². The number of nitrogens with one attached hydrogen (secondary N) is 1. The molecule has 0 spiro atoms. The molecule has 0 aliphatic carbocycles. The Bertz CT molecular complexity index is 541. The van der Waals surface area contributed by atoms with E-state index in [9.17, 15) is 13.2 Å². The first-order valence-electron chi connectivity index (χ1n) is 8.77. The second kappa shape index (κ2) is 9.82. The minimum Gasteiger partial charge on any atom is -0.469 e. The average molecular weight is 376 g/mol. The molecule has 2 rings (SSSR count). The SMILES string of the molecule is COCCN=C(NCCc1ccco1)N1CCN(C(C)C(F)(F)F)CC1. The van der Waals surface area contributed by atoms with Crippen LogP contribution in [0.4, 0.5) is 13.2 Å². The van der Waals surface area contributed by atoms with Gasteiger partial charge in [0.05, 0.1) is 19.4 Å². The van der Waals surface area contributed by atoms with Gasteiger partial charge in [0.2, 0.25) is 0 Å². The first-order valence-corrected chi connectivity index (χ1v) is 8.77. The Labute approximate surface area is 152 Å². The topological polar surface area (TPSA) is 53.2 Å². The van der Waals surface area contributed by atoms with Crippen LogP contribution in [0.2, 0.25) is 0 Å². The van der Waals surface area contributed by atoms with Gasteiger partial charge in [-0.15, -0.1) is 0 Å². The molecule has 1 aliphatic heterocycles. The third kappa shape index (κ3) is 6.21. The van der Waals surface area contributed by atoms with Crippen molar-refractivity contribution >= 4 is 5.96 Å². The van der Waals surface area contributed by atoms with Crippen molar-refractivity contribution in [2.24, 2.45) is 4.99 Å². The molecule has 6 nitrogen and oxygen atoms in total. The predicted molar refractivity (Wildman–Crippen MR) is 93.3 cm³/mol.